The van der Waals surface area contributed by atoms with Gasteiger partial charge in [-0.25, -0.2) is 0 Å². The molecule has 0 rings (SSSR count). The number of ether oxygens (including phenoxy) is 3. The van der Waals surface area contributed by atoms with Crippen LogP contribution in [0.1, 0.15) is 252 Å². The van der Waals surface area contributed by atoms with Crippen molar-refractivity contribution in [1.29, 1.82) is 0 Å². The number of rotatable bonds is 54. The van der Waals surface area contributed by atoms with E-state index in [0.717, 1.165) is 186 Å². The number of hydrogen-bond donors (Lipinski definition) is 0. The molecule has 0 aliphatic heterocycles. The van der Waals surface area contributed by atoms with E-state index in [-0.39, 0.29) is 31.1 Å². The number of esters is 3. The summed E-state index contributed by atoms with van der Waals surface area (Å²) in [7, 11) is 0. The summed E-state index contributed by atoms with van der Waals surface area (Å²) in [6.45, 7) is 6.26. The number of hydrogen-bond acceptors (Lipinski definition) is 6. The normalized spacial score (nSPS) is 13.2. The van der Waals surface area contributed by atoms with Crippen molar-refractivity contribution in [2.75, 3.05) is 13.2 Å². The lowest BCUT2D eigenvalue weighted by molar-refractivity contribution is -0.167. The predicted molar refractivity (Wildman–Crippen MR) is 334 cm³/mol. The standard InChI is InChI=1S/C71H112O6/c1-4-7-10-13-16-19-22-25-28-31-33-35-37-40-43-46-49-52-55-58-61-64-70(73)76-67-68(66-75-69(72)63-60-57-54-51-48-45-42-39-30-27-24-21-18-15-12-9-6-3)77-71(74)65-62-59-56-53-50-47-44-41-38-36-34-32-29-26-23-20-17-14-11-8-5-2/h7-12,16-21,25-30,33-36,40-41,43-44,68H,4-6,13-15,22-24,31-32,37-39,42,45-67H2,1-3H3/b10-7-,11-8-,12-9-,19-16-,20-17-,21-18-,28-25-,29-26-,30-27-,35-33-,36-34-,43-40-,44-41-. The Balaban J connectivity index is 4.52. The first kappa shape index (κ1) is 72.0. The third-order valence-corrected chi connectivity index (χ3v) is 12.5. The molecule has 0 N–H and O–H groups in total. The third kappa shape index (κ3) is 61.8. The highest BCUT2D eigenvalue weighted by molar-refractivity contribution is 5.71. The van der Waals surface area contributed by atoms with Crippen molar-refractivity contribution < 1.29 is 28.6 Å². The van der Waals surface area contributed by atoms with Gasteiger partial charge < -0.3 is 14.2 Å². The maximum absolute atomic E-state index is 12.9. The number of carbonyl (C=O) groups is 3. The van der Waals surface area contributed by atoms with Crippen LogP contribution in [0.5, 0.6) is 0 Å². The summed E-state index contributed by atoms with van der Waals surface area (Å²) in [6, 6.07) is 0. The van der Waals surface area contributed by atoms with Gasteiger partial charge in [0.25, 0.3) is 0 Å². The van der Waals surface area contributed by atoms with Crippen molar-refractivity contribution in [2.45, 2.75) is 258 Å². The van der Waals surface area contributed by atoms with Crippen LogP contribution in [0.3, 0.4) is 0 Å². The summed E-state index contributed by atoms with van der Waals surface area (Å²) in [6.07, 6.45) is 92.3. The van der Waals surface area contributed by atoms with Crippen molar-refractivity contribution in [3.63, 3.8) is 0 Å². The Bertz CT molecular complexity index is 1740. The quantitative estimate of drug-likeness (QED) is 0.0261. The van der Waals surface area contributed by atoms with Crippen LogP contribution in [0.4, 0.5) is 0 Å². The van der Waals surface area contributed by atoms with E-state index < -0.39 is 6.10 Å². The molecule has 1 atom stereocenters. The largest absolute Gasteiger partial charge is 0.462 e. The maximum Gasteiger partial charge on any atom is 0.306 e. The molecule has 0 aromatic heterocycles. The molecule has 0 saturated carbocycles. The van der Waals surface area contributed by atoms with E-state index >= 15 is 0 Å². The van der Waals surface area contributed by atoms with Gasteiger partial charge in [-0.3, -0.25) is 14.4 Å². The Labute approximate surface area is 473 Å². The molecule has 432 valence electrons. The first-order chi connectivity index (χ1) is 38.0. The van der Waals surface area contributed by atoms with Crippen LogP contribution in [0, 0.1) is 0 Å². The molecule has 0 bridgehead atoms. The molecule has 77 heavy (non-hydrogen) atoms. The van der Waals surface area contributed by atoms with Crippen molar-refractivity contribution in [2.24, 2.45) is 0 Å². The van der Waals surface area contributed by atoms with E-state index in [1.54, 1.807) is 0 Å². The smallest absolute Gasteiger partial charge is 0.306 e. The van der Waals surface area contributed by atoms with Gasteiger partial charge in [-0.2, -0.15) is 0 Å². The average Bonchev–Trinajstić information content (AvgIpc) is 3.43. The zero-order valence-electron chi connectivity index (χ0n) is 49.4. The lowest BCUT2D eigenvalue weighted by Gasteiger charge is -2.18. The summed E-state index contributed by atoms with van der Waals surface area (Å²) in [5.41, 5.74) is 0. The molecule has 1 unspecified atom stereocenters. The molecule has 0 radical (unpaired) electrons. The van der Waals surface area contributed by atoms with Crippen molar-refractivity contribution in [1.82, 2.24) is 0 Å². The first-order valence-electron chi connectivity index (χ1n) is 31.0. The summed E-state index contributed by atoms with van der Waals surface area (Å²) in [4.78, 5) is 38.3. The molecule has 0 saturated heterocycles. The van der Waals surface area contributed by atoms with Gasteiger partial charge in [-0.05, 0) is 141 Å². The van der Waals surface area contributed by atoms with E-state index in [0.29, 0.717) is 19.3 Å². The van der Waals surface area contributed by atoms with Gasteiger partial charge in [0.2, 0.25) is 0 Å². The summed E-state index contributed by atoms with van der Waals surface area (Å²) < 4.78 is 16.9. The molecule has 0 amide bonds. The van der Waals surface area contributed by atoms with E-state index in [4.69, 9.17) is 14.2 Å². The van der Waals surface area contributed by atoms with Crippen LogP contribution in [-0.4, -0.2) is 37.2 Å². The lowest BCUT2D eigenvalue weighted by atomic mass is 10.1. The predicted octanol–water partition coefficient (Wildman–Crippen LogP) is 21.3. The van der Waals surface area contributed by atoms with Crippen LogP contribution in [0.15, 0.2) is 158 Å². The Morgan fingerprint density at radius 1 is 0.260 bits per heavy atom. The molecule has 6 heteroatoms. The average molecular weight is 1060 g/mol. The van der Waals surface area contributed by atoms with E-state index in [2.05, 4.69) is 179 Å². The molecule has 0 aromatic carbocycles. The Morgan fingerprint density at radius 2 is 0.468 bits per heavy atom. The maximum atomic E-state index is 12.9. The van der Waals surface area contributed by atoms with Gasteiger partial charge in [-0.1, -0.05) is 249 Å². The van der Waals surface area contributed by atoms with Crippen molar-refractivity contribution in [3.8, 4) is 0 Å². The molecule has 0 aliphatic carbocycles. The zero-order valence-corrected chi connectivity index (χ0v) is 49.4. The monoisotopic (exact) mass is 1060 g/mol. The Kier molecular flexibility index (Phi) is 59.5. The molecule has 0 fully saturated rings. The minimum Gasteiger partial charge on any atom is -0.462 e. The van der Waals surface area contributed by atoms with Crippen LogP contribution in [0.25, 0.3) is 0 Å². The second-order valence-corrected chi connectivity index (χ2v) is 19.8. The molecular weight excluding hydrogens is 949 g/mol. The van der Waals surface area contributed by atoms with E-state index in [1.807, 2.05) is 0 Å². The van der Waals surface area contributed by atoms with Crippen LogP contribution >= 0.6 is 0 Å². The van der Waals surface area contributed by atoms with Gasteiger partial charge in [0.1, 0.15) is 13.2 Å². The first-order valence-corrected chi connectivity index (χ1v) is 31.0. The van der Waals surface area contributed by atoms with Crippen LogP contribution in [0.2, 0.25) is 0 Å². The second kappa shape index (κ2) is 63.6. The van der Waals surface area contributed by atoms with Crippen LogP contribution in [-0.2, 0) is 28.6 Å². The van der Waals surface area contributed by atoms with Crippen LogP contribution < -0.4 is 0 Å². The zero-order chi connectivity index (χ0) is 55.7. The molecule has 6 nitrogen and oxygen atoms in total. The molecule has 0 aliphatic rings. The number of carbonyl (C=O) groups excluding carboxylic acids is 3. The molecule has 0 aromatic rings. The van der Waals surface area contributed by atoms with Crippen molar-refractivity contribution >= 4 is 17.9 Å². The Hall–Kier alpha value is -4.97. The van der Waals surface area contributed by atoms with Gasteiger partial charge in [-0.15, -0.1) is 0 Å². The highest BCUT2D eigenvalue weighted by Crippen LogP contribution is 2.14. The highest BCUT2D eigenvalue weighted by Gasteiger charge is 2.19. The fraction of sp³-hybridized carbons (Fsp3) is 0.592. The molecular formula is C71H112O6. The molecule has 0 spiro atoms. The van der Waals surface area contributed by atoms with Gasteiger partial charge in [0.15, 0.2) is 6.10 Å². The van der Waals surface area contributed by atoms with Gasteiger partial charge >= 0.3 is 17.9 Å². The highest BCUT2D eigenvalue weighted by atomic mass is 16.6. The minimum absolute atomic E-state index is 0.105. The summed E-state index contributed by atoms with van der Waals surface area (Å²) in [5, 5.41) is 0. The number of unbranched alkanes of at least 4 members (excludes halogenated alkanes) is 17. The minimum atomic E-state index is -0.811. The Morgan fingerprint density at radius 3 is 0.727 bits per heavy atom. The fourth-order valence-electron chi connectivity index (χ4n) is 7.98. The van der Waals surface area contributed by atoms with Crippen molar-refractivity contribution in [3.05, 3.63) is 158 Å². The molecule has 0 heterocycles. The van der Waals surface area contributed by atoms with Gasteiger partial charge in [0.05, 0.1) is 0 Å². The third-order valence-electron chi connectivity index (χ3n) is 12.5. The fourth-order valence-corrected chi connectivity index (χ4v) is 7.98. The summed E-state index contributed by atoms with van der Waals surface area (Å²) >= 11 is 0. The van der Waals surface area contributed by atoms with E-state index in [9.17, 15) is 14.4 Å². The SMILES string of the molecule is CC/C=C\C/C=C\C/C=C\C/C=C\C/C=C\CCCCCCCC(=O)OCC(COC(=O)CCCCCCCCC/C=C\C/C=C\C/C=C\CC)OC(=O)CCCCCCC/C=C\C/C=C\C/C=C\C/C=C\C/C=C\CC. The lowest BCUT2D eigenvalue weighted by Crippen LogP contribution is -2.30. The second-order valence-electron chi connectivity index (χ2n) is 19.8. The summed E-state index contributed by atoms with van der Waals surface area (Å²) in [5.74, 6) is -0.955. The van der Waals surface area contributed by atoms with E-state index in [1.165, 1.54) is 25.7 Å². The number of allylic oxidation sites excluding steroid dienone is 26. The van der Waals surface area contributed by atoms with Gasteiger partial charge in [0, 0.05) is 19.3 Å². The topological polar surface area (TPSA) is 78.9 Å².